The smallest absolute Gasteiger partial charge is 0.207 e. The van der Waals surface area contributed by atoms with Crippen LogP contribution in [-0.4, -0.2) is 51.6 Å². The second-order valence-electron chi connectivity index (χ2n) is 6.40. The molecular formula is C16H24N2O4S2. The summed E-state index contributed by atoms with van der Waals surface area (Å²) < 4.78 is 54.0. The molecule has 0 unspecified atom stereocenters. The van der Waals surface area contributed by atoms with Crippen LogP contribution in [0.2, 0.25) is 0 Å². The van der Waals surface area contributed by atoms with Gasteiger partial charge in [0.1, 0.15) is 0 Å². The molecule has 8 heteroatoms. The number of hydrogen-bond acceptors (Lipinski definition) is 4. The van der Waals surface area contributed by atoms with Gasteiger partial charge in [-0.25, -0.2) is 16.8 Å². The summed E-state index contributed by atoms with van der Waals surface area (Å²) >= 11 is 0. The molecule has 1 aromatic carbocycles. The molecule has 2 heterocycles. The second-order valence-corrected chi connectivity index (χ2v) is 10.3. The van der Waals surface area contributed by atoms with Crippen LogP contribution in [0.5, 0.6) is 0 Å². The summed E-state index contributed by atoms with van der Waals surface area (Å²) in [5.74, 6) is 0. The van der Waals surface area contributed by atoms with Crippen molar-refractivity contribution in [1.82, 2.24) is 8.61 Å². The highest BCUT2D eigenvalue weighted by Gasteiger charge is 2.30. The Morgan fingerprint density at radius 3 is 1.42 bits per heavy atom. The van der Waals surface area contributed by atoms with Crippen molar-refractivity contribution < 1.29 is 16.8 Å². The van der Waals surface area contributed by atoms with E-state index in [9.17, 15) is 16.8 Å². The van der Waals surface area contributed by atoms with Crippen LogP contribution in [0.25, 0.3) is 0 Å². The topological polar surface area (TPSA) is 74.8 Å². The fraction of sp³-hybridized carbons (Fsp3) is 0.625. The van der Waals surface area contributed by atoms with Gasteiger partial charge in [0.05, 0.1) is 9.79 Å². The summed E-state index contributed by atoms with van der Waals surface area (Å²) in [5, 5.41) is 0. The number of hydrogen-bond donors (Lipinski definition) is 0. The highest BCUT2D eigenvalue weighted by Crippen LogP contribution is 2.25. The molecule has 0 N–H and O–H groups in total. The molecule has 0 amide bonds. The highest BCUT2D eigenvalue weighted by molar-refractivity contribution is 7.90. The normalized spacial score (nSPS) is 21.7. The van der Waals surface area contributed by atoms with Crippen molar-refractivity contribution in [1.29, 1.82) is 0 Å². The molecule has 2 fully saturated rings. The second kappa shape index (κ2) is 7.11. The Hall–Kier alpha value is -0.960. The van der Waals surface area contributed by atoms with E-state index in [4.69, 9.17) is 0 Å². The molecule has 3 rings (SSSR count). The first-order valence-electron chi connectivity index (χ1n) is 8.53. The van der Waals surface area contributed by atoms with Crippen LogP contribution in [0.1, 0.15) is 38.5 Å². The minimum Gasteiger partial charge on any atom is -0.207 e. The van der Waals surface area contributed by atoms with Gasteiger partial charge in [-0.1, -0.05) is 18.9 Å². The van der Waals surface area contributed by atoms with Gasteiger partial charge in [-0.3, -0.25) is 0 Å². The van der Waals surface area contributed by atoms with Gasteiger partial charge in [0.15, 0.2) is 0 Å². The highest BCUT2D eigenvalue weighted by atomic mass is 32.2. The van der Waals surface area contributed by atoms with Crippen molar-refractivity contribution in [3.8, 4) is 0 Å². The molecule has 2 saturated heterocycles. The maximum absolute atomic E-state index is 12.9. The molecule has 0 spiro atoms. The van der Waals surface area contributed by atoms with E-state index in [1.54, 1.807) is 0 Å². The van der Waals surface area contributed by atoms with Crippen molar-refractivity contribution in [3.63, 3.8) is 0 Å². The summed E-state index contributed by atoms with van der Waals surface area (Å²) in [7, 11) is -7.25. The van der Waals surface area contributed by atoms with Gasteiger partial charge in [-0.2, -0.15) is 8.61 Å². The summed E-state index contributed by atoms with van der Waals surface area (Å²) in [6.45, 7) is 2.02. The van der Waals surface area contributed by atoms with E-state index in [1.165, 1.54) is 32.9 Å². The molecular weight excluding hydrogens is 348 g/mol. The summed E-state index contributed by atoms with van der Waals surface area (Å²) in [6, 6.07) is 5.81. The molecule has 6 nitrogen and oxygen atoms in total. The Morgan fingerprint density at radius 1 is 0.625 bits per heavy atom. The maximum atomic E-state index is 12.9. The van der Waals surface area contributed by atoms with E-state index < -0.39 is 20.0 Å². The molecule has 2 aliphatic rings. The Kier molecular flexibility index (Phi) is 5.29. The fourth-order valence-electron chi connectivity index (χ4n) is 3.30. The maximum Gasteiger partial charge on any atom is 0.243 e. The van der Waals surface area contributed by atoms with E-state index in [-0.39, 0.29) is 9.79 Å². The molecule has 24 heavy (non-hydrogen) atoms. The van der Waals surface area contributed by atoms with Crippen LogP contribution in [-0.2, 0) is 20.0 Å². The Bertz CT molecular complexity index is 776. The van der Waals surface area contributed by atoms with Gasteiger partial charge in [0, 0.05) is 26.2 Å². The van der Waals surface area contributed by atoms with Crippen molar-refractivity contribution >= 4 is 20.0 Å². The first-order valence-corrected chi connectivity index (χ1v) is 11.4. The molecule has 0 saturated carbocycles. The first-order chi connectivity index (χ1) is 11.4. The number of rotatable bonds is 4. The summed E-state index contributed by atoms with van der Waals surface area (Å²) in [5.41, 5.74) is 0. The van der Waals surface area contributed by atoms with Gasteiger partial charge in [0.25, 0.3) is 0 Å². The van der Waals surface area contributed by atoms with Crippen LogP contribution < -0.4 is 0 Å². The number of nitrogens with zero attached hydrogens (tertiary/aromatic N) is 2. The quantitative estimate of drug-likeness (QED) is 0.810. The van der Waals surface area contributed by atoms with Crippen molar-refractivity contribution in [2.75, 3.05) is 26.2 Å². The zero-order valence-electron chi connectivity index (χ0n) is 13.7. The SMILES string of the molecule is O=S(=O)(c1cccc(S(=O)(=O)N2CCCC2)c1)N1CCCCCC1. The minimum atomic E-state index is -3.64. The van der Waals surface area contributed by atoms with Crippen LogP contribution in [0.15, 0.2) is 34.1 Å². The lowest BCUT2D eigenvalue weighted by Crippen LogP contribution is -2.32. The van der Waals surface area contributed by atoms with Gasteiger partial charge < -0.3 is 0 Å². The molecule has 0 bridgehead atoms. The van der Waals surface area contributed by atoms with E-state index in [0.29, 0.717) is 26.2 Å². The molecule has 2 aliphatic heterocycles. The third-order valence-corrected chi connectivity index (χ3v) is 8.50. The zero-order valence-corrected chi connectivity index (χ0v) is 15.4. The lowest BCUT2D eigenvalue weighted by atomic mass is 10.2. The Balaban J connectivity index is 1.92. The molecule has 0 radical (unpaired) electrons. The largest absolute Gasteiger partial charge is 0.243 e. The predicted molar refractivity (Wildman–Crippen MR) is 91.7 cm³/mol. The summed E-state index contributed by atoms with van der Waals surface area (Å²) in [4.78, 5) is 0.143. The van der Waals surface area contributed by atoms with Crippen LogP contribution in [0.4, 0.5) is 0 Å². The van der Waals surface area contributed by atoms with Gasteiger partial charge >= 0.3 is 0 Å². The molecule has 0 atom stereocenters. The monoisotopic (exact) mass is 372 g/mol. The van der Waals surface area contributed by atoms with Crippen LogP contribution in [0, 0.1) is 0 Å². The van der Waals surface area contributed by atoms with Crippen molar-refractivity contribution in [2.45, 2.75) is 48.3 Å². The fourth-order valence-corrected chi connectivity index (χ4v) is 6.51. The van der Waals surface area contributed by atoms with Gasteiger partial charge in [-0.15, -0.1) is 0 Å². The van der Waals surface area contributed by atoms with E-state index in [1.807, 2.05) is 0 Å². The van der Waals surface area contributed by atoms with E-state index in [2.05, 4.69) is 0 Å². The predicted octanol–water partition coefficient (Wildman–Crippen LogP) is 2.04. The Labute approximate surface area is 144 Å². The molecule has 0 aliphatic carbocycles. The lowest BCUT2D eigenvalue weighted by Gasteiger charge is -2.21. The standard InChI is InChI=1S/C16H24N2O4S2/c19-23(20,17-10-3-1-2-4-11-17)15-8-7-9-16(14-15)24(21,22)18-12-5-6-13-18/h7-9,14H,1-6,10-13H2. The number of benzene rings is 1. The third-order valence-electron chi connectivity index (χ3n) is 4.71. The Morgan fingerprint density at radius 2 is 1.00 bits per heavy atom. The minimum absolute atomic E-state index is 0.0697. The molecule has 0 aromatic heterocycles. The number of sulfonamides is 2. The average molecular weight is 373 g/mol. The zero-order chi connectivity index (χ0) is 17.2. The van der Waals surface area contributed by atoms with Crippen LogP contribution >= 0.6 is 0 Å². The molecule has 1 aromatic rings. The summed E-state index contributed by atoms with van der Waals surface area (Å²) in [6.07, 6.45) is 5.48. The van der Waals surface area contributed by atoms with E-state index >= 15 is 0 Å². The van der Waals surface area contributed by atoms with Crippen molar-refractivity contribution in [2.24, 2.45) is 0 Å². The van der Waals surface area contributed by atoms with E-state index in [0.717, 1.165) is 38.5 Å². The average Bonchev–Trinajstić information content (AvgIpc) is 2.98. The van der Waals surface area contributed by atoms with Crippen LogP contribution in [0.3, 0.4) is 0 Å². The third kappa shape index (κ3) is 3.51. The van der Waals surface area contributed by atoms with Gasteiger partial charge in [0.2, 0.25) is 20.0 Å². The van der Waals surface area contributed by atoms with Crippen molar-refractivity contribution in [3.05, 3.63) is 24.3 Å². The first kappa shape index (κ1) is 17.8. The lowest BCUT2D eigenvalue weighted by molar-refractivity contribution is 0.423. The van der Waals surface area contributed by atoms with Gasteiger partial charge in [-0.05, 0) is 43.9 Å². The molecule has 134 valence electrons.